The normalized spacial score (nSPS) is 11.0. The fraction of sp³-hybridized carbons (Fsp3) is 0.0870. The fourth-order valence-corrected chi connectivity index (χ4v) is 3.15. The average molecular weight is 438 g/mol. The van der Waals surface area contributed by atoms with Gasteiger partial charge in [0.2, 0.25) is 0 Å². The second-order valence-electron chi connectivity index (χ2n) is 7.00. The molecule has 1 heterocycles. The number of aromatic nitrogens is 2. The molecule has 6 nitrogen and oxygen atoms in total. The van der Waals surface area contributed by atoms with Crippen LogP contribution in [0.2, 0.25) is 0 Å². The number of carbonyl (C=O) groups is 2. The largest absolute Gasteiger partial charge is 0.348 e. The van der Waals surface area contributed by atoms with E-state index < -0.39 is 29.9 Å². The van der Waals surface area contributed by atoms with Crippen molar-refractivity contribution in [3.8, 4) is 0 Å². The Balaban J connectivity index is 1.41. The van der Waals surface area contributed by atoms with E-state index >= 15 is 0 Å². The third-order valence-corrected chi connectivity index (χ3v) is 4.69. The molecule has 4 rings (SSSR count). The number of hydrogen-bond acceptors (Lipinski definition) is 3. The Hall–Kier alpha value is -4.14. The summed E-state index contributed by atoms with van der Waals surface area (Å²) < 4.78 is 38.9. The van der Waals surface area contributed by atoms with Gasteiger partial charge in [-0.3, -0.25) is 9.59 Å². The molecule has 9 heteroatoms. The summed E-state index contributed by atoms with van der Waals surface area (Å²) in [5, 5.41) is 5.43. The van der Waals surface area contributed by atoms with E-state index in [0.717, 1.165) is 11.6 Å². The SMILES string of the molecule is O=C(NCc1cccc(NC(=O)c2cccc(F)c2)c1)c1ccc2nc(C(F)F)[nH]c2c1. The van der Waals surface area contributed by atoms with Gasteiger partial charge in [-0.15, -0.1) is 0 Å². The second-order valence-corrected chi connectivity index (χ2v) is 7.00. The number of rotatable bonds is 6. The molecule has 0 saturated heterocycles. The number of imidazole rings is 1. The van der Waals surface area contributed by atoms with Crippen molar-refractivity contribution in [3.05, 3.63) is 95.1 Å². The molecule has 0 aliphatic rings. The number of amides is 2. The van der Waals surface area contributed by atoms with Crippen LogP contribution in [0.15, 0.2) is 66.7 Å². The molecule has 0 bridgehead atoms. The van der Waals surface area contributed by atoms with E-state index in [1.165, 1.54) is 36.4 Å². The maximum absolute atomic E-state index is 13.3. The third-order valence-electron chi connectivity index (χ3n) is 4.69. The topological polar surface area (TPSA) is 86.9 Å². The zero-order valence-electron chi connectivity index (χ0n) is 16.5. The number of anilines is 1. The lowest BCUT2D eigenvalue weighted by Gasteiger charge is -2.09. The number of hydrogen-bond donors (Lipinski definition) is 3. The predicted octanol–water partition coefficient (Wildman–Crippen LogP) is 4.82. The first-order valence-corrected chi connectivity index (χ1v) is 9.61. The first kappa shape index (κ1) is 21.1. The summed E-state index contributed by atoms with van der Waals surface area (Å²) in [5.41, 5.74) is 2.38. The van der Waals surface area contributed by atoms with E-state index in [1.807, 2.05) is 0 Å². The quantitative estimate of drug-likeness (QED) is 0.403. The van der Waals surface area contributed by atoms with Gasteiger partial charge in [0.25, 0.3) is 18.2 Å². The van der Waals surface area contributed by atoms with Crippen LogP contribution < -0.4 is 10.6 Å². The second kappa shape index (κ2) is 8.93. The number of carbonyl (C=O) groups excluding carboxylic acids is 2. The Labute approximate surface area is 180 Å². The number of halogens is 3. The monoisotopic (exact) mass is 438 g/mol. The minimum absolute atomic E-state index is 0.172. The van der Waals surface area contributed by atoms with Crippen molar-refractivity contribution in [1.82, 2.24) is 15.3 Å². The molecule has 0 fully saturated rings. The van der Waals surface area contributed by atoms with Crippen molar-refractivity contribution >= 4 is 28.5 Å². The van der Waals surface area contributed by atoms with Gasteiger partial charge >= 0.3 is 0 Å². The Morgan fingerprint density at radius 2 is 1.72 bits per heavy atom. The van der Waals surface area contributed by atoms with Crippen LogP contribution in [0.1, 0.15) is 38.5 Å². The number of aromatic amines is 1. The Morgan fingerprint density at radius 3 is 2.50 bits per heavy atom. The van der Waals surface area contributed by atoms with Gasteiger partial charge in [-0.05, 0) is 54.1 Å². The number of nitrogens with one attached hydrogen (secondary N) is 3. The van der Waals surface area contributed by atoms with Crippen LogP contribution in [0, 0.1) is 5.82 Å². The Bertz CT molecular complexity index is 1300. The molecule has 162 valence electrons. The molecule has 3 aromatic carbocycles. The molecule has 1 aromatic heterocycles. The molecule has 0 radical (unpaired) electrons. The smallest absolute Gasteiger partial charge is 0.295 e. The van der Waals surface area contributed by atoms with E-state index in [2.05, 4.69) is 20.6 Å². The van der Waals surface area contributed by atoms with Crippen LogP contribution in [-0.4, -0.2) is 21.8 Å². The zero-order valence-corrected chi connectivity index (χ0v) is 16.5. The van der Waals surface area contributed by atoms with E-state index in [-0.39, 0.29) is 17.7 Å². The molecular formula is C23H17F3N4O2. The van der Waals surface area contributed by atoms with E-state index in [4.69, 9.17) is 0 Å². The molecule has 3 N–H and O–H groups in total. The molecule has 0 spiro atoms. The molecule has 0 atom stereocenters. The molecule has 4 aromatic rings. The van der Waals surface area contributed by atoms with E-state index in [0.29, 0.717) is 16.7 Å². The molecule has 2 amide bonds. The van der Waals surface area contributed by atoms with Crippen LogP contribution in [-0.2, 0) is 6.54 Å². The first-order chi connectivity index (χ1) is 15.4. The maximum Gasteiger partial charge on any atom is 0.295 e. The van der Waals surface area contributed by atoms with Crippen molar-refractivity contribution in [2.75, 3.05) is 5.32 Å². The summed E-state index contributed by atoms with van der Waals surface area (Å²) in [5.74, 6) is -1.81. The highest BCUT2D eigenvalue weighted by Crippen LogP contribution is 2.21. The van der Waals surface area contributed by atoms with Crippen LogP contribution in [0.5, 0.6) is 0 Å². The molecule has 0 saturated carbocycles. The number of nitrogens with zero attached hydrogens (tertiary/aromatic N) is 1. The van der Waals surface area contributed by atoms with Crippen molar-refractivity contribution in [1.29, 1.82) is 0 Å². The minimum Gasteiger partial charge on any atom is -0.348 e. The standard InChI is InChI=1S/C23H17F3N4O2/c24-16-5-2-4-14(10-16)23(32)28-17-6-1-3-13(9-17)12-27-22(31)15-7-8-18-19(11-15)30-21(29-18)20(25)26/h1-11,20H,12H2,(H,27,31)(H,28,32)(H,29,30). The summed E-state index contributed by atoms with van der Waals surface area (Å²) in [6.07, 6.45) is -2.73. The summed E-state index contributed by atoms with van der Waals surface area (Å²) in [6.45, 7) is 0.172. The molecular weight excluding hydrogens is 421 g/mol. The van der Waals surface area contributed by atoms with E-state index in [1.54, 1.807) is 24.3 Å². The minimum atomic E-state index is -2.73. The van der Waals surface area contributed by atoms with Crippen molar-refractivity contribution in [2.24, 2.45) is 0 Å². The fourth-order valence-electron chi connectivity index (χ4n) is 3.15. The summed E-state index contributed by atoms with van der Waals surface area (Å²) in [4.78, 5) is 31.0. The highest BCUT2D eigenvalue weighted by molar-refractivity contribution is 6.04. The summed E-state index contributed by atoms with van der Waals surface area (Å²) in [7, 11) is 0. The number of H-pyrrole nitrogens is 1. The number of benzene rings is 3. The summed E-state index contributed by atoms with van der Waals surface area (Å²) >= 11 is 0. The van der Waals surface area contributed by atoms with Crippen molar-refractivity contribution < 1.29 is 22.8 Å². The lowest BCUT2D eigenvalue weighted by atomic mass is 10.1. The van der Waals surface area contributed by atoms with Gasteiger partial charge in [0, 0.05) is 23.4 Å². The van der Waals surface area contributed by atoms with Gasteiger partial charge in [0.05, 0.1) is 11.0 Å². The van der Waals surface area contributed by atoms with Crippen LogP contribution >= 0.6 is 0 Å². The zero-order chi connectivity index (χ0) is 22.7. The van der Waals surface area contributed by atoms with Crippen molar-refractivity contribution in [3.63, 3.8) is 0 Å². The van der Waals surface area contributed by atoms with Crippen LogP contribution in [0.3, 0.4) is 0 Å². The Morgan fingerprint density at radius 1 is 0.938 bits per heavy atom. The van der Waals surface area contributed by atoms with Gasteiger partial charge in [0.15, 0.2) is 5.82 Å². The first-order valence-electron chi connectivity index (χ1n) is 9.61. The average Bonchev–Trinajstić information content (AvgIpc) is 3.21. The Kier molecular flexibility index (Phi) is 5.89. The van der Waals surface area contributed by atoms with Gasteiger partial charge in [-0.1, -0.05) is 18.2 Å². The van der Waals surface area contributed by atoms with Gasteiger partial charge < -0.3 is 15.6 Å². The highest BCUT2D eigenvalue weighted by Gasteiger charge is 2.14. The molecule has 0 aliphatic heterocycles. The number of alkyl halides is 2. The van der Waals surface area contributed by atoms with Crippen molar-refractivity contribution in [2.45, 2.75) is 13.0 Å². The van der Waals surface area contributed by atoms with E-state index in [9.17, 15) is 22.8 Å². The van der Waals surface area contributed by atoms with Gasteiger partial charge in [-0.25, -0.2) is 18.2 Å². The predicted molar refractivity (Wildman–Crippen MR) is 113 cm³/mol. The van der Waals surface area contributed by atoms with Crippen LogP contribution in [0.4, 0.5) is 18.9 Å². The lowest BCUT2D eigenvalue weighted by molar-refractivity contribution is 0.0950. The van der Waals surface area contributed by atoms with Gasteiger partial charge in [0.1, 0.15) is 5.82 Å². The highest BCUT2D eigenvalue weighted by atomic mass is 19.3. The molecule has 0 unspecified atom stereocenters. The van der Waals surface area contributed by atoms with Crippen LogP contribution in [0.25, 0.3) is 11.0 Å². The lowest BCUT2D eigenvalue weighted by Crippen LogP contribution is -2.22. The molecule has 32 heavy (non-hydrogen) atoms. The number of fused-ring (bicyclic) bond motifs is 1. The maximum atomic E-state index is 13.3. The third kappa shape index (κ3) is 4.77. The molecule has 0 aliphatic carbocycles. The van der Waals surface area contributed by atoms with Gasteiger partial charge in [-0.2, -0.15) is 0 Å². The summed E-state index contributed by atoms with van der Waals surface area (Å²) in [6, 6.07) is 16.6.